The number of carbonyl (C=O) groups is 1. The van der Waals surface area contributed by atoms with E-state index in [2.05, 4.69) is 26.2 Å². The molecule has 2 heterocycles. The van der Waals surface area contributed by atoms with E-state index in [1.807, 2.05) is 38.1 Å². The molecule has 1 aromatic carbocycles. The molecule has 2 aromatic rings. The Bertz CT molecular complexity index is 659. The number of nitrogens with zero attached hydrogens (tertiary/aromatic N) is 4. The van der Waals surface area contributed by atoms with Crippen LogP contribution in [0.4, 0.5) is 5.69 Å². The number of amides is 1. The molecule has 0 radical (unpaired) electrons. The summed E-state index contributed by atoms with van der Waals surface area (Å²) in [6, 6.07) is 7.51. The zero-order valence-electron chi connectivity index (χ0n) is 12.1. The maximum absolute atomic E-state index is 12.4. The van der Waals surface area contributed by atoms with Crippen molar-refractivity contribution in [3.05, 3.63) is 30.1 Å². The molecule has 0 aliphatic carbocycles. The van der Waals surface area contributed by atoms with E-state index in [1.165, 1.54) is 0 Å². The Balaban J connectivity index is 1.81. The van der Waals surface area contributed by atoms with Crippen molar-refractivity contribution in [2.45, 2.75) is 20.3 Å². The zero-order chi connectivity index (χ0) is 14.9. The van der Waals surface area contributed by atoms with Crippen LogP contribution >= 0.6 is 0 Å². The SMILES string of the molecule is Cc1nnnn1-c1cccc(NC(=O)C2(C)CCNC2)c1. The van der Waals surface area contributed by atoms with Crippen LogP contribution in [0.15, 0.2) is 24.3 Å². The molecule has 1 aliphatic rings. The van der Waals surface area contributed by atoms with Gasteiger partial charge in [-0.3, -0.25) is 4.79 Å². The zero-order valence-corrected chi connectivity index (χ0v) is 12.1. The Hall–Kier alpha value is -2.28. The van der Waals surface area contributed by atoms with Crippen LogP contribution in [-0.4, -0.2) is 39.2 Å². The normalized spacial score (nSPS) is 21.4. The van der Waals surface area contributed by atoms with Gasteiger partial charge in [-0.1, -0.05) is 6.07 Å². The molecular formula is C14H18N6O. The second-order valence-corrected chi connectivity index (χ2v) is 5.63. The molecule has 7 heteroatoms. The Morgan fingerprint density at radius 3 is 3.00 bits per heavy atom. The molecule has 1 atom stereocenters. The van der Waals surface area contributed by atoms with Gasteiger partial charge < -0.3 is 10.6 Å². The molecule has 1 amide bonds. The summed E-state index contributed by atoms with van der Waals surface area (Å²) in [5.41, 5.74) is 1.23. The number of hydrogen-bond acceptors (Lipinski definition) is 5. The first kappa shape index (κ1) is 13.7. The van der Waals surface area contributed by atoms with Crippen molar-refractivity contribution >= 4 is 11.6 Å². The maximum Gasteiger partial charge on any atom is 0.231 e. The van der Waals surface area contributed by atoms with Gasteiger partial charge in [0, 0.05) is 12.2 Å². The molecule has 1 aliphatic heterocycles. The fraction of sp³-hybridized carbons (Fsp3) is 0.429. The number of anilines is 1. The van der Waals surface area contributed by atoms with Crippen LogP contribution in [0.5, 0.6) is 0 Å². The number of hydrogen-bond donors (Lipinski definition) is 2. The Morgan fingerprint density at radius 2 is 2.33 bits per heavy atom. The summed E-state index contributed by atoms with van der Waals surface area (Å²) in [7, 11) is 0. The van der Waals surface area contributed by atoms with E-state index in [-0.39, 0.29) is 11.3 Å². The fourth-order valence-electron chi connectivity index (χ4n) is 2.48. The van der Waals surface area contributed by atoms with Crippen molar-refractivity contribution in [1.82, 2.24) is 25.5 Å². The Morgan fingerprint density at radius 1 is 1.48 bits per heavy atom. The predicted molar refractivity (Wildman–Crippen MR) is 78.1 cm³/mol. The number of aromatic nitrogens is 4. The Kier molecular flexibility index (Phi) is 3.42. The lowest BCUT2D eigenvalue weighted by Crippen LogP contribution is -2.35. The maximum atomic E-state index is 12.4. The van der Waals surface area contributed by atoms with Crippen molar-refractivity contribution in [3.8, 4) is 5.69 Å². The van der Waals surface area contributed by atoms with E-state index in [0.717, 1.165) is 24.3 Å². The summed E-state index contributed by atoms with van der Waals surface area (Å²) in [6.45, 7) is 5.41. The second-order valence-electron chi connectivity index (χ2n) is 5.63. The van der Waals surface area contributed by atoms with Gasteiger partial charge in [-0.15, -0.1) is 5.10 Å². The van der Waals surface area contributed by atoms with Gasteiger partial charge in [0.25, 0.3) is 0 Å². The van der Waals surface area contributed by atoms with Crippen LogP contribution in [0.2, 0.25) is 0 Å². The average Bonchev–Trinajstić information content (AvgIpc) is 3.09. The molecule has 110 valence electrons. The van der Waals surface area contributed by atoms with Crippen LogP contribution in [-0.2, 0) is 4.79 Å². The highest BCUT2D eigenvalue weighted by atomic mass is 16.2. The van der Waals surface area contributed by atoms with E-state index in [9.17, 15) is 4.79 Å². The fourth-order valence-corrected chi connectivity index (χ4v) is 2.48. The smallest absolute Gasteiger partial charge is 0.231 e. The van der Waals surface area contributed by atoms with E-state index in [1.54, 1.807) is 4.68 Å². The molecule has 1 unspecified atom stereocenters. The van der Waals surface area contributed by atoms with Crippen molar-refractivity contribution in [1.29, 1.82) is 0 Å². The predicted octanol–water partition coefficient (Wildman–Crippen LogP) is 0.909. The standard InChI is InChI=1S/C14H18N6O/c1-10-17-18-19-20(10)12-5-3-4-11(8-12)16-13(21)14(2)6-7-15-9-14/h3-5,8,15H,6-7,9H2,1-2H3,(H,16,21). The Labute approximate surface area is 122 Å². The molecule has 0 saturated carbocycles. The number of nitrogens with one attached hydrogen (secondary N) is 2. The van der Waals surface area contributed by atoms with Gasteiger partial charge in [-0.05, 0) is 55.4 Å². The third-order valence-corrected chi connectivity index (χ3v) is 3.89. The van der Waals surface area contributed by atoms with Gasteiger partial charge in [0.1, 0.15) is 0 Å². The van der Waals surface area contributed by atoms with Crippen molar-refractivity contribution < 1.29 is 4.79 Å². The van der Waals surface area contributed by atoms with Crippen LogP contribution in [0.25, 0.3) is 5.69 Å². The summed E-state index contributed by atoms with van der Waals surface area (Å²) in [4.78, 5) is 12.4. The van der Waals surface area contributed by atoms with E-state index in [4.69, 9.17) is 0 Å². The van der Waals surface area contributed by atoms with Gasteiger partial charge in [-0.25, -0.2) is 0 Å². The molecule has 21 heavy (non-hydrogen) atoms. The number of tetrazole rings is 1. The monoisotopic (exact) mass is 286 g/mol. The highest BCUT2D eigenvalue weighted by molar-refractivity contribution is 5.95. The molecule has 1 fully saturated rings. The second kappa shape index (κ2) is 5.25. The number of benzene rings is 1. The van der Waals surface area contributed by atoms with Crippen molar-refractivity contribution in [3.63, 3.8) is 0 Å². The molecular weight excluding hydrogens is 268 g/mol. The molecule has 7 nitrogen and oxygen atoms in total. The quantitative estimate of drug-likeness (QED) is 0.876. The topological polar surface area (TPSA) is 84.7 Å². The van der Waals surface area contributed by atoms with Gasteiger partial charge in [0.2, 0.25) is 5.91 Å². The van der Waals surface area contributed by atoms with Gasteiger partial charge in [0.05, 0.1) is 11.1 Å². The molecule has 1 aromatic heterocycles. The van der Waals surface area contributed by atoms with Crippen LogP contribution in [0, 0.1) is 12.3 Å². The molecule has 0 spiro atoms. The van der Waals surface area contributed by atoms with Gasteiger partial charge in [-0.2, -0.15) is 4.68 Å². The average molecular weight is 286 g/mol. The first-order chi connectivity index (χ1) is 10.1. The summed E-state index contributed by atoms with van der Waals surface area (Å²) < 4.78 is 1.63. The van der Waals surface area contributed by atoms with Crippen LogP contribution in [0.3, 0.4) is 0 Å². The van der Waals surface area contributed by atoms with E-state index in [0.29, 0.717) is 12.4 Å². The van der Waals surface area contributed by atoms with Crippen LogP contribution < -0.4 is 10.6 Å². The van der Waals surface area contributed by atoms with E-state index >= 15 is 0 Å². The first-order valence-electron chi connectivity index (χ1n) is 6.96. The van der Waals surface area contributed by atoms with Crippen molar-refractivity contribution in [2.24, 2.45) is 5.41 Å². The van der Waals surface area contributed by atoms with Crippen LogP contribution in [0.1, 0.15) is 19.2 Å². The van der Waals surface area contributed by atoms with Crippen molar-refractivity contribution in [2.75, 3.05) is 18.4 Å². The summed E-state index contributed by atoms with van der Waals surface area (Å²) in [5.74, 6) is 0.739. The molecule has 2 N–H and O–H groups in total. The highest BCUT2D eigenvalue weighted by Gasteiger charge is 2.36. The van der Waals surface area contributed by atoms with Gasteiger partial charge in [0.15, 0.2) is 5.82 Å². The highest BCUT2D eigenvalue weighted by Crippen LogP contribution is 2.26. The van der Waals surface area contributed by atoms with E-state index < -0.39 is 0 Å². The number of rotatable bonds is 3. The summed E-state index contributed by atoms with van der Waals surface area (Å²) in [5, 5.41) is 17.6. The number of aryl methyl sites for hydroxylation is 1. The summed E-state index contributed by atoms with van der Waals surface area (Å²) >= 11 is 0. The minimum atomic E-state index is -0.346. The first-order valence-corrected chi connectivity index (χ1v) is 6.96. The lowest BCUT2D eigenvalue weighted by atomic mass is 9.89. The lowest BCUT2D eigenvalue weighted by molar-refractivity contribution is -0.123. The summed E-state index contributed by atoms with van der Waals surface area (Å²) in [6.07, 6.45) is 0.852. The molecule has 0 bridgehead atoms. The third kappa shape index (κ3) is 2.64. The third-order valence-electron chi connectivity index (χ3n) is 3.89. The molecule has 1 saturated heterocycles. The lowest BCUT2D eigenvalue weighted by Gasteiger charge is -2.21. The minimum Gasteiger partial charge on any atom is -0.326 e. The minimum absolute atomic E-state index is 0.0399. The largest absolute Gasteiger partial charge is 0.326 e. The van der Waals surface area contributed by atoms with Gasteiger partial charge >= 0.3 is 0 Å². The number of carbonyl (C=O) groups excluding carboxylic acids is 1. The molecule has 3 rings (SSSR count).